The normalized spacial score (nSPS) is 11.3. The highest BCUT2D eigenvalue weighted by Crippen LogP contribution is 2.04. The first kappa shape index (κ1) is 9.99. The van der Waals surface area contributed by atoms with E-state index in [1.807, 2.05) is 25.2 Å². The number of rotatable bonds is 4. The van der Waals surface area contributed by atoms with Crippen LogP contribution in [0.1, 0.15) is 13.8 Å². The molecule has 0 aromatic carbocycles. The molecule has 1 aromatic heterocycles. The Kier molecular flexibility index (Phi) is 3.25. The summed E-state index contributed by atoms with van der Waals surface area (Å²) in [6.07, 6.45) is 1.79. The molecule has 0 aliphatic carbocycles. The topological polar surface area (TPSA) is 37.0 Å². The molecule has 1 rings (SSSR count). The molecular weight excluding hydrogens is 162 g/mol. The predicted octanol–water partition coefficient (Wildman–Crippen LogP) is 1.49. The van der Waals surface area contributed by atoms with Crippen LogP contribution in [0.25, 0.3) is 0 Å². The zero-order valence-corrected chi connectivity index (χ0v) is 8.46. The monoisotopic (exact) mass is 179 g/mol. The summed E-state index contributed by atoms with van der Waals surface area (Å²) in [5.41, 5.74) is 0.0948. The zero-order valence-electron chi connectivity index (χ0n) is 8.46. The first-order valence-corrected chi connectivity index (χ1v) is 4.48. The molecule has 3 nitrogen and oxygen atoms in total. The molecule has 0 saturated heterocycles. The average molecular weight is 179 g/mol. The van der Waals surface area contributed by atoms with Crippen molar-refractivity contribution in [2.45, 2.75) is 19.4 Å². The van der Waals surface area contributed by atoms with E-state index in [4.69, 9.17) is 0 Å². The van der Waals surface area contributed by atoms with E-state index in [0.29, 0.717) is 0 Å². The van der Waals surface area contributed by atoms with Crippen LogP contribution < -0.4 is 10.6 Å². The number of nitrogens with zero attached hydrogens (tertiary/aromatic N) is 1. The number of aromatic nitrogens is 1. The van der Waals surface area contributed by atoms with E-state index in [0.717, 1.165) is 12.4 Å². The fraction of sp³-hybridized carbons (Fsp3) is 0.500. The van der Waals surface area contributed by atoms with Crippen LogP contribution in [0.15, 0.2) is 24.4 Å². The van der Waals surface area contributed by atoms with Gasteiger partial charge in [0.05, 0.1) is 0 Å². The summed E-state index contributed by atoms with van der Waals surface area (Å²) in [7, 11) is 1.96. The van der Waals surface area contributed by atoms with Crippen LogP contribution in [-0.4, -0.2) is 24.1 Å². The molecule has 0 atom stereocenters. The molecule has 2 N–H and O–H groups in total. The summed E-state index contributed by atoms with van der Waals surface area (Å²) in [4.78, 5) is 4.18. The third-order valence-corrected chi connectivity index (χ3v) is 2.05. The van der Waals surface area contributed by atoms with Gasteiger partial charge in [0.25, 0.3) is 0 Å². The second kappa shape index (κ2) is 4.23. The second-order valence-corrected chi connectivity index (χ2v) is 3.70. The molecule has 72 valence electrons. The predicted molar refractivity (Wildman–Crippen MR) is 55.9 cm³/mol. The summed E-state index contributed by atoms with van der Waals surface area (Å²) in [6, 6.07) is 5.85. The van der Waals surface area contributed by atoms with Gasteiger partial charge >= 0.3 is 0 Å². The molecule has 0 fully saturated rings. The number of pyridine rings is 1. The van der Waals surface area contributed by atoms with Crippen molar-refractivity contribution >= 4 is 5.82 Å². The molecule has 0 spiro atoms. The van der Waals surface area contributed by atoms with Crippen LogP contribution in [0.3, 0.4) is 0 Å². The summed E-state index contributed by atoms with van der Waals surface area (Å²) < 4.78 is 0. The Labute approximate surface area is 79.6 Å². The average Bonchev–Trinajstić information content (AvgIpc) is 2.17. The fourth-order valence-corrected chi connectivity index (χ4v) is 0.867. The van der Waals surface area contributed by atoms with Crippen molar-refractivity contribution in [1.29, 1.82) is 0 Å². The van der Waals surface area contributed by atoms with Crippen LogP contribution in [0.4, 0.5) is 5.82 Å². The van der Waals surface area contributed by atoms with Crippen LogP contribution in [0.2, 0.25) is 0 Å². The molecule has 0 aliphatic heterocycles. The number of hydrogen-bond donors (Lipinski definition) is 2. The lowest BCUT2D eigenvalue weighted by Crippen LogP contribution is -2.42. The number of hydrogen-bond acceptors (Lipinski definition) is 3. The first-order valence-electron chi connectivity index (χ1n) is 4.48. The van der Waals surface area contributed by atoms with E-state index in [-0.39, 0.29) is 5.54 Å². The van der Waals surface area contributed by atoms with Crippen molar-refractivity contribution in [2.75, 3.05) is 18.9 Å². The van der Waals surface area contributed by atoms with Gasteiger partial charge in [0.1, 0.15) is 5.82 Å². The van der Waals surface area contributed by atoms with E-state index < -0.39 is 0 Å². The molecule has 3 heteroatoms. The Morgan fingerprint density at radius 3 is 2.69 bits per heavy atom. The zero-order chi connectivity index (χ0) is 9.73. The highest BCUT2D eigenvalue weighted by atomic mass is 15.0. The quantitative estimate of drug-likeness (QED) is 0.735. The van der Waals surface area contributed by atoms with Gasteiger partial charge < -0.3 is 10.6 Å². The molecule has 13 heavy (non-hydrogen) atoms. The van der Waals surface area contributed by atoms with Crippen molar-refractivity contribution in [3.63, 3.8) is 0 Å². The van der Waals surface area contributed by atoms with Gasteiger partial charge in [0.15, 0.2) is 0 Å². The third kappa shape index (κ3) is 3.42. The molecule has 0 unspecified atom stereocenters. The van der Waals surface area contributed by atoms with Crippen molar-refractivity contribution < 1.29 is 0 Å². The van der Waals surface area contributed by atoms with Gasteiger partial charge in [-0.25, -0.2) is 4.98 Å². The molecule has 0 aliphatic rings. The van der Waals surface area contributed by atoms with Gasteiger partial charge in [0, 0.05) is 18.3 Å². The van der Waals surface area contributed by atoms with Crippen molar-refractivity contribution in [3.05, 3.63) is 24.4 Å². The lowest BCUT2D eigenvalue weighted by molar-refractivity contribution is 0.448. The number of anilines is 1. The molecule has 0 bridgehead atoms. The van der Waals surface area contributed by atoms with Gasteiger partial charge in [-0.3, -0.25) is 0 Å². The Balaban J connectivity index is 2.44. The van der Waals surface area contributed by atoms with Gasteiger partial charge in [-0.05, 0) is 33.0 Å². The summed E-state index contributed by atoms with van der Waals surface area (Å²) >= 11 is 0. The van der Waals surface area contributed by atoms with E-state index in [1.54, 1.807) is 6.20 Å². The maximum absolute atomic E-state index is 4.18. The maximum atomic E-state index is 4.18. The first-order chi connectivity index (χ1) is 6.14. The molecule has 0 radical (unpaired) electrons. The maximum Gasteiger partial charge on any atom is 0.125 e. The minimum absolute atomic E-state index is 0.0948. The minimum atomic E-state index is 0.0948. The molecular formula is C10H17N3. The van der Waals surface area contributed by atoms with Crippen LogP contribution in [-0.2, 0) is 0 Å². The van der Waals surface area contributed by atoms with Gasteiger partial charge in [-0.2, -0.15) is 0 Å². The summed E-state index contributed by atoms with van der Waals surface area (Å²) in [6.45, 7) is 5.15. The Hall–Kier alpha value is -1.09. The number of likely N-dealkylation sites (N-methyl/N-ethyl adjacent to an activating group) is 1. The number of nitrogens with one attached hydrogen (secondary N) is 2. The highest BCUT2D eigenvalue weighted by Gasteiger charge is 2.13. The fourth-order valence-electron chi connectivity index (χ4n) is 0.867. The van der Waals surface area contributed by atoms with Crippen molar-refractivity contribution in [1.82, 2.24) is 10.3 Å². The van der Waals surface area contributed by atoms with Crippen LogP contribution >= 0.6 is 0 Å². The largest absolute Gasteiger partial charge is 0.368 e. The van der Waals surface area contributed by atoms with E-state index >= 15 is 0 Å². The summed E-state index contributed by atoms with van der Waals surface area (Å²) in [5.74, 6) is 0.922. The Bertz CT molecular complexity index is 244. The third-order valence-electron chi connectivity index (χ3n) is 2.05. The lowest BCUT2D eigenvalue weighted by Gasteiger charge is -2.24. The van der Waals surface area contributed by atoms with Gasteiger partial charge in [-0.15, -0.1) is 0 Å². The molecule has 0 saturated carbocycles. The van der Waals surface area contributed by atoms with E-state index in [9.17, 15) is 0 Å². The second-order valence-electron chi connectivity index (χ2n) is 3.70. The molecule has 1 aromatic rings. The molecule has 0 amide bonds. The van der Waals surface area contributed by atoms with Crippen LogP contribution in [0.5, 0.6) is 0 Å². The van der Waals surface area contributed by atoms with Crippen LogP contribution in [0, 0.1) is 0 Å². The SMILES string of the molecule is CNC(C)(C)CNc1ccccn1. The minimum Gasteiger partial charge on any atom is -0.368 e. The Morgan fingerprint density at radius 1 is 1.38 bits per heavy atom. The van der Waals surface area contributed by atoms with Gasteiger partial charge in [-0.1, -0.05) is 6.07 Å². The van der Waals surface area contributed by atoms with Crippen molar-refractivity contribution in [3.8, 4) is 0 Å². The molecule has 1 heterocycles. The van der Waals surface area contributed by atoms with E-state index in [2.05, 4.69) is 29.5 Å². The highest BCUT2D eigenvalue weighted by molar-refractivity contribution is 5.33. The Morgan fingerprint density at radius 2 is 2.15 bits per heavy atom. The summed E-state index contributed by atoms with van der Waals surface area (Å²) in [5, 5.41) is 6.48. The smallest absolute Gasteiger partial charge is 0.125 e. The lowest BCUT2D eigenvalue weighted by atomic mass is 10.1. The van der Waals surface area contributed by atoms with Gasteiger partial charge in [0.2, 0.25) is 0 Å². The van der Waals surface area contributed by atoms with E-state index in [1.165, 1.54) is 0 Å². The van der Waals surface area contributed by atoms with Crippen molar-refractivity contribution in [2.24, 2.45) is 0 Å². The standard InChI is InChI=1S/C10H17N3/c1-10(2,11-3)8-13-9-6-4-5-7-12-9/h4-7,11H,8H2,1-3H3,(H,12,13).